The van der Waals surface area contributed by atoms with Crippen LogP contribution in [0.5, 0.6) is 0 Å². The highest BCUT2D eigenvalue weighted by Gasteiger charge is 2.32. The molecule has 104 valence electrons. The number of halogens is 1. The van der Waals surface area contributed by atoms with Crippen molar-refractivity contribution in [3.05, 3.63) is 35.6 Å². The molecule has 0 spiro atoms. The molecule has 0 aliphatic heterocycles. The standard InChI is InChI=1S/C15H21FN2O/c1-11(13-5-6-13)18(2)15(19)17-10-9-12-3-7-14(16)8-4-12/h3-4,7-8,11,13H,5-6,9-10H2,1-2H3,(H,17,19)/t11-/m0/s1. The lowest BCUT2D eigenvalue weighted by Crippen LogP contribution is -2.43. The number of carbonyl (C=O) groups excluding carboxylic acids is 1. The van der Waals surface area contributed by atoms with Crippen molar-refractivity contribution in [3.63, 3.8) is 0 Å². The summed E-state index contributed by atoms with van der Waals surface area (Å²) in [7, 11) is 1.84. The Bertz CT molecular complexity index is 428. The van der Waals surface area contributed by atoms with Gasteiger partial charge in [-0.2, -0.15) is 0 Å². The molecule has 1 aliphatic rings. The first-order chi connectivity index (χ1) is 9.08. The molecule has 3 nitrogen and oxygen atoms in total. The van der Waals surface area contributed by atoms with Crippen LogP contribution in [0.2, 0.25) is 0 Å². The molecule has 19 heavy (non-hydrogen) atoms. The zero-order valence-corrected chi connectivity index (χ0v) is 11.5. The van der Waals surface area contributed by atoms with Crippen molar-refractivity contribution >= 4 is 6.03 Å². The SMILES string of the molecule is C[C@@H](C1CC1)N(C)C(=O)NCCc1ccc(F)cc1. The highest BCUT2D eigenvalue weighted by molar-refractivity contribution is 5.74. The van der Waals surface area contributed by atoms with Gasteiger partial charge >= 0.3 is 6.03 Å². The van der Waals surface area contributed by atoms with Crippen LogP contribution in [-0.4, -0.2) is 30.6 Å². The van der Waals surface area contributed by atoms with Gasteiger partial charge in [-0.15, -0.1) is 0 Å². The molecule has 1 aromatic rings. The van der Waals surface area contributed by atoms with Crippen molar-refractivity contribution in [2.45, 2.75) is 32.2 Å². The van der Waals surface area contributed by atoms with E-state index in [0.29, 0.717) is 18.5 Å². The number of amides is 2. The Hall–Kier alpha value is -1.58. The van der Waals surface area contributed by atoms with Crippen molar-refractivity contribution in [2.75, 3.05) is 13.6 Å². The lowest BCUT2D eigenvalue weighted by atomic mass is 10.1. The molecule has 1 saturated carbocycles. The predicted octanol–water partition coefficient (Wildman–Crippen LogP) is 2.81. The van der Waals surface area contributed by atoms with Gasteiger partial charge in [-0.05, 0) is 49.8 Å². The third-order valence-corrected chi connectivity index (χ3v) is 3.84. The Labute approximate surface area is 113 Å². The van der Waals surface area contributed by atoms with Crippen LogP contribution >= 0.6 is 0 Å². The number of nitrogens with zero attached hydrogens (tertiary/aromatic N) is 1. The minimum absolute atomic E-state index is 0.0264. The van der Waals surface area contributed by atoms with E-state index in [4.69, 9.17) is 0 Å². The maximum absolute atomic E-state index is 12.7. The van der Waals surface area contributed by atoms with E-state index in [2.05, 4.69) is 12.2 Å². The number of hydrogen-bond acceptors (Lipinski definition) is 1. The van der Waals surface area contributed by atoms with Crippen molar-refractivity contribution in [1.29, 1.82) is 0 Å². The van der Waals surface area contributed by atoms with Crippen LogP contribution in [0.3, 0.4) is 0 Å². The molecule has 1 fully saturated rings. The Morgan fingerprint density at radius 2 is 2.05 bits per heavy atom. The quantitative estimate of drug-likeness (QED) is 0.871. The van der Waals surface area contributed by atoms with Gasteiger partial charge < -0.3 is 10.2 Å². The van der Waals surface area contributed by atoms with Gasteiger partial charge in [0.1, 0.15) is 5.82 Å². The summed E-state index contributed by atoms with van der Waals surface area (Å²) in [5.41, 5.74) is 1.03. The van der Waals surface area contributed by atoms with E-state index in [1.807, 2.05) is 7.05 Å². The van der Waals surface area contributed by atoms with E-state index in [1.165, 1.54) is 25.0 Å². The molecule has 1 aromatic carbocycles. The Morgan fingerprint density at radius 1 is 1.42 bits per heavy atom. The maximum atomic E-state index is 12.7. The van der Waals surface area contributed by atoms with Gasteiger partial charge in [0.2, 0.25) is 0 Å². The first-order valence-electron chi connectivity index (χ1n) is 6.83. The molecule has 2 amide bonds. The lowest BCUT2D eigenvalue weighted by Gasteiger charge is -2.25. The summed E-state index contributed by atoms with van der Waals surface area (Å²) in [6, 6.07) is 6.67. The second-order valence-corrected chi connectivity index (χ2v) is 5.30. The zero-order chi connectivity index (χ0) is 13.8. The molecule has 0 radical (unpaired) electrons. The molecule has 2 rings (SSSR count). The smallest absolute Gasteiger partial charge is 0.317 e. The normalized spacial score (nSPS) is 15.9. The van der Waals surface area contributed by atoms with Gasteiger partial charge in [0.05, 0.1) is 0 Å². The Kier molecular flexibility index (Phi) is 4.40. The molecule has 0 aromatic heterocycles. The number of carbonyl (C=O) groups is 1. The fourth-order valence-electron chi connectivity index (χ4n) is 2.17. The largest absolute Gasteiger partial charge is 0.338 e. The number of rotatable bonds is 5. The zero-order valence-electron chi connectivity index (χ0n) is 11.5. The molecule has 4 heteroatoms. The molecule has 0 heterocycles. The van der Waals surface area contributed by atoms with Crippen LogP contribution in [0.15, 0.2) is 24.3 Å². The topological polar surface area (TPSA) is 32.3 Å². The van der Waals surface area contributed by atoms with Crippen LogP contribution < -0.4 is 5.32 Å². The Balaban J connectivity index is 1.72. The van der Waals surface area contributed by atoms with E-state index < -0.39 is 0 Å². The fourth-order valence-corrected chi connectivity index (χ4v) is 2.17. The molecule has 0 saturated heterocycles. The molecule has 0 bridgehead atoms. The van der Waals surface area contributed by atoms with Crippen molar-refractivity contribution < 1.29 is 9.18 Å². The van der Waals surface area contributed by atoms with Gasteiger partial charge in [0.25, 0.3) is 0 Å². The second-order valence-electron chi connectivity index (χ2n) is 5.30. The summed E-state index contributed by atoms with van der Waals surface area (Å²) < 4.78 is 12.7. The highest BCUT2D eigenvalue weighted by Crippen LogP contribution is 2.34. The summed E-state index contributed by atoms with van der Waals surface area (Å²) in [4.78, 5) is 13.7. The highest BCUT2D eigenvalue weighted by atomic mass is 19.1. The fraction of sp³-hybridized carbons (Fsp3) is 0.533. The Morgan fingerprint density at radius 3 is 2.63 bits per heavy atom. The van der Waals surface area contributed by atoms with E-state index in [9.17, 15) is 9.18 Å². The van der Waals surface area contributed by atoms with Crippen LogP contribution in [0.1, 0.15) is 25.3 Å². The van der Waals surface area contributed by atoms with Gasteiger partial charge in [-0.25, -0.2) is 9.18 Å². The van der Waals surface area contributed by atoms with Crippen LogP contribution in [0.25, 0.3) is 0 Å². The molecule has 1 aliphatic carbocycles. The number of nitrogens with one attached hydrogen (secondary N) is 1. The van der Waals surface area contributed by atoms with Gasteiger partial charge in [-0.1, -0.05) is 12.1 Å². The van der Waals surface area contributed by atoms with Crippen molar-refractivity contribution in [3.8, 4) is 0 Å². The lowest BCUT2D eigenvalue weighted by molar-refractivity contribution is 0.188. The summed E-state index contributed by atoms with van der Waals surface area (Å²) >= 11 is 0. The van der Waals surface area contributed by atoms with E-state index in [1.54, 1.807) is 17.0 Å². The predicted molar refractivity (Wildman–Crippen MR) is 73.5 cm³/mol. The monoisotopic (exact) mass is 264 g/mol. The minimum atomic E-state index is -0.231. The van der Waals surface area contributed by atoms with E-state index in [0.717, 1.165) is 12.0 Å². The third kappa shape index (κ3) is 3.94. The number of hydrogen-bond donors (Lipinski definition) is 1. The molecule has 0 unspecified atom stereocenters. The number of urea groups is 1. The average Bonchev–Trinajstić information content (AvgIpc) is 3.23. The summed E-state index contributed by atoms with van der Waals surface area (Å²) in [5, 5.41) is 2.90. The summed E-state index contributed by atoms with van der Waals surface area (Å²) in [6.45, 7) is 2.67. The van der Waals surface area contributed by atoms with Crippen LogP contribution in [-0.2, 0) is 6.42 Å². The molecular weight excluding hydrogens is 243 g/mol. The van der Waals surface area contributed by atoms with E-state index >= 15 is 0 Å². The number of benzene rings is 1. The molecule has 1 atom stereocenters. The first kappa shape index (κ1) is 13.8. The van der Waals surface area contributed by atoms with Gasteiger partial charge in [0.15, 0.2) is 0 Å². The van der Waals surface area contributed by atoms with Gasteiger partial charge in [-0.3, -0.25) is 0 Å². The first-order valence-corrected chi connectivity index (χ1v) is 6.83. The van der Waals surface area contributed by atoms with Crippen molar-refractivity contribution in [1.82, 2.24) is 10.2 Å². The summed E-state index contributed by atoms with van der Waals surface area (Å²) in [5.74, 6) is 0.443. The summed E-state index contributed by atoms with van der Waals surface area (Å²) in [6.07, 6.45) is 3.18. The third-order valence-electron chi connectivity index (χ3n) is 3.84. The van der Waals surface area contributed by atoms with Crippen LogP contribution in [0.4, 0.5) is 9.18 Å². The molecule has 1 N–H and O–H groups in total. The van der Waals surface area contributed by atoms with Crippen LogP contribution in [0, 0.1) is 11.7 Å². The average molecular weight is 264 g/mol. The molecular formula is C15H21FN2O. The van der Waals surface area contributed by atoms with Crippen molar-refractivity contribution in [2.24, 2.45) is 5.92 Å². The maximum Gasteiger partial charge on any atom is 0.317 e. The second kappa shape index (κ2) is 6.04. The minimum Gasteiger partial charge on any atom is -0.338 e. The van der Waals surface area contributed by atoms with Gasteiger partial charge in [0, 0.05) is 19.6 Å². The van der Waals surface area contributed by atoms with E-state index in [-0.39, 0.29) is 11.8 Å².